The van der Waals surface area contributed by atoms with Gasteiger partial charge < -0.3 is 5.11 Å². The van der Waals surface area contributed by atoms with E-state index in [4.69, 9.17) is 5.11 Å². The van der Waals surface area contributed by atoms with E-state index in [0.717, 1.165) is 12.8 Å². The van der Waals surface area contributed by atoms with Crippen molar-refractivity contribution in [2.45, 2.75) is 46.0 Å². The monoisotopic (exact) mass is 170 g/mol. The molecule has 0 aromatic carbocycles. The van der Waals surface area contributed by atoms with Gasteiger partial charge in [-0.1, -0.05) is 26.7 Å². The summed E-state index contributed by atoms with van der Waals surface area (Å²) in [5.41, 5.74) is 0.0729. The number of hydrogen-bond donors (Lipinski definition) is 1. The highest BCUT2D eigenvalue weighted by atomic mass is 16.4. The first-order chi connectivity index (χ1) is 5.52. The second kappa shape index (κ2) is 3.46. The summed E-state index contributed by atoms with van der Waals surface area (Å²) in [7, 11) is 0. The molecule has 2 heteroatoms. The second-order valence-corrected chi connectivity index (χ2v) is 4.58. The van der Waals surface area contributed by atoms with Crippen molar-refractivity contribution in [3.8, 4) is 0 Å². The van der Waals surface area contributed by atoms with Crippen LogP contribution in [-0.4, -0.2) is 11.1 Å². The van der Waals surface area contributed by atoms with E-state index in [1.165, 1.54) is 12.8 Å². The van der Waals surface area contributed by atoms with Crippen LogP contribution in [-0.2, 0) is 4.79 Å². The predicted molar refractivity (Wildman–Crippen MR) is 48.0 cm³/mol. The minimum Gasteiger partial charge on any atom is -0.481 e. The lowest BCUT2D eigenvalue weighted by Crippen LogP contribution is -2.27. The zero-order valence-corrected chi connectivity index (χ0v) is 7.97. The predicted octanol–water partition coefficient (Wildman–Crippen LogP) is 2.68. The van der Waals surface area contributed by atoms with Crippen molar-refractivity contribution < 1.29 is 9.90 Å². The van der Waals surface area contributed by atoms with Crippen molar-refractivity contribution >= 4 is 5.97 Å². The van der Waals surface area contributed by atoms with Gasteiger partial charge in [0, 0.05) is 0 Å². The average Bonchev–Trinajstić information content (AvgIpc) is 1.82. The first kappa shape index (κ1) is 9.56. The summed E-state index contributed by atoms with van der Waals surface area (Å²) < 4.78 is 0. The van der Waals surface area contributed by atoms with Gasteiger partial charge in [0.2, 0.25) is 0 Å². The van der Waals surface area contributed by atoms with Gasteiger partial charge in [-0.3, -0.25) is 4.79 Å². The molecule has 1 saturated carbocycles. The lowest BCUT2D eigenvalue weighted by Gasteiger charge is -2.35. The highest BCUT2D eigenvalue weighted by molar-refractivity contribution is 5.67. The molecule has 1 aliphatic carbocycles. The van der Waals surface area contributed by atoms with Crippen LogP contribution >= 0.6 is 0 Å². The first-order valence-electron chi connectivity index (χ1n) is 4.74. The molecule has 1 aliphatic rings. The standard InChI is InChI=1S/C10H18O2/c1-8-4-3-5-10(2,6-8)7-9(11)12/h8H,3-7H2,1-2H3,(H,11,12). The maximum absolute atomic E-state index is 10.6. The summed E-state index contributed by atoms with van der Waals surface area (Å²) >= 11 is 0. The third-order valence-corrected chi connectivity index (χ3v) is 2.90. The summed E-state index contributed by atoms with van der Waals surface area (Å²) in [6.45, 7) is 4.33. The number of hydrogen-bond acceptors (Lipinski definition) is 1. The summed E-state index contributed by atoms with van der Waals surface area (Å²) in [5, 5.41) is 8.72. The molecule has 0 amide bonds. The Balaban J connectivity index is 2.51. The first-order valence-corrected chi connectivity index (χ1v) is 4.74. The maximum atomic E-state index is 10.6. The molecular weight excluding hydrogens is 152 g/mol. The van der Waals surface area contributed by atoms with Crippen LogP contribution in [0.4, 0.5) is 0 Å². The van der Waals surface area contributed by atoms with E-state index in [2.05, 4.69) is 13.8 Å². The van der Waals surface area contributed by atoms with E-state index in [-0.39, 0.29) is 5.41 Å². The Bertz CT molecular complexity index is 177. The molecular formula is C10H18O2. The van der Waals surface area contributed by atoms with Crippen LogP contribution < -0.4 is 0 Å². The fourth-order valence-electron chi connectivity index (χ4n) is 2.45. The van der Waals surface area contributed by atoms with Crippen LogP contribution in [0.2, 0.25) is 0 Å². The van der Waals surface area contributed by atoms with E-state index < -0.39 is 5.97 Å². The summed E-state index contributed by atoms with van der Waals surface area (Å²) in [5.74, 6) is 0.0645. The van der Waals surface area contributed by atoms with Gasteiger partial charge in [-0.25, -0.2) is 0 Å². The zero-order chi connectivity index (χ0) is 9.19. The Morgan fingerprint density at radius 1 is 1.67 bits per heavy atom. The molecule has 1 rings (SSSR count). The molecule has 0 aromatic rings. The Hall–Kier alpha value is -0.530. The summed E-state index contributed by atoms with van der Waals surface area (Å²) in [4.78, 5) is 10.6. The van der Waals surface area contributed by atoms with Gasteiger partial charge in [0.05, 0.1) is 6.42 Å². The number of carboxylic acids is 1. The molecule has 1 fully saturated rings. The Morgan fingerprint density at radius 2 is 2.33 bits per heavy atom. The third-order valence-electron chi connectivity index (χ3n) is 2.90. The Kier molecular flexibility index (Phi) is 2.76. The Labute approximate surface area is 74.0 Å². The van der Waals surface area contributed by atoms with Gasteiger partial charge in [0.25, 0.3) is 0 Å². The molecule has 0 heterocycles. The molecule has 2 nitrogen and oxygen atoms in total. The topological polar surface area (TPSA) is 37.3 Å². The normalized spacial score (nSPS) is 36.3. The smallest absolute Gasteiger partial charge is 0.303 e. The molecule has 0 aromatic heterocycles. The molecule has 0 bridgehead atoms. The molecule has 2 atom stereocenters. The number of carbonyl (C=O) groups is 1. The number of aliphatic carboxylic acids is 1. The molecule has 0 radical (unpaired) electrons. The van der Waals surface area contributed by atoms with Crippen LogP contribution in [0.15, 0.2) is 0 Å². The highest BCUT2D eigenvalue weighted by Gasteiger charge is 2.32. The minimum atomic E-state index is -0.647. The molecule has 1 N–H and O–H groups in total. The van der Waals surface area contributed by atoms with Gasteiger partial charge in [-0.05, 0) is 24.2 Å². The van der Waals surface area contributed by atoms with Gasteiger partial charge >= 0.3 is 5.97 Å². The molecule has 12 heavy (non-hydrogen) atoms. The van der Waals surface area contributed by atoms with Crippen molar-refractivity contribution in [1.29, 1.82) is 0 Å². The van der Waals surface area contributed by atoms with Crippen LogP contribution in [0.5, 0.6) is 0 Å². The van der Waals surface area contributed by atoms with Crippen LogP contribution in [0.25, 0.3) is 0 Å². The average molecular weight is 170 g/mol. The lowest BCUT2D eigenvalue weighted by molar-refractivity contribution is -0.140. The van der Waals surface area contributed by atoms with E-state index in [0.29, 0.717) is 12.3 Å². The number of carboxylic acid groups (broad SMARTS) is 1. The van der Waals surface area contributed by atoms with Gasteiger partial charge in [0.15, 0.2) is 0 Å². The molecule has 2 unspecified atom stereocenters. The highest BCUT2D eigenvalue weighted by Crippen LogP contribution is 2.41. The molecule has 0 saturated heterocycles. The fourth-order valence-corrected chi connectivity index (χ4v) is 2.45. The second-order valence-electron chi connectivity index (χ2n) is 4.58. The van der Waals surface area contributed by atoms with Crippen molar-refractivity contribution in [3.63, 3.8) is 0 Å². The van der Waals surface area contributed by atoms with Crippen LogP contribution in [0.1, 0.15) is 46.0 Å². The van der Waals surface area contributed by atoms with Gasteiger partial charge in [0.1, 0.15) is 0 Å². The molecule has 0 aliphatic heterocycles. The fraction of sp³-hybridized carbons (Fsp3) is 0.900. The quantitative estimate of drug-likeness (QED) is 0.691. The van der Waals surface area contributed by atoms with E-state index in [1.807, 2.05) is 0 Å². The summed E-state index contributed by atoms with van der Waals surface area (Å²) in [6.07, 6.45) is 4.99. The van der Waals surface area contributed by atoms with Crippen molar-refractivity contribution in [2.24, 2.45) is 11.3 Å². The van der Waals surface area contributed by atoms with Crippen LogP contribution in [0.3, 0.4) is 0 Å². The van der Waals surface area contributed by atoms with Crippen LogP contribution in [0, 0.1) is 11.3 Å². The minimum absolute atomic E-state index is 0.0729. The zero-order valence-electron chi connectivity index (χ0n) is 7.97. The van der Waals surface area contributed by atoms with Crippen molar-refractivity contribution in [3.05, 3.63) is 0 Å². The van der Waals surface area contributed by atoms with E-state index >= 15 is 0 Å². The molecule has 0 spiro atoms. The summed E-state index contributed by atoms with van der Waals surface area (Å²) in [6, 6.07) is 0. The van der Waals surface area contributed by atoms with Crippen molar-refractivity contribution in [1.82, 2.24) is 0 Å². The van der Waals surface area contributed by atoms with Gasteiger partial charge in [-0.2, -0.15) is 0 Å². The van der Waals surface area contributed by atoms with E-state index in [9.17, 15) is 4.79 Å². The Morgan fingerprint density at radius 3 is 2.83 bits per heavy atom. The third kappa shape index (κ3) is 2.50. The maximum Gasteiger partial charge on any atom is 0.303 e. The van der Waals surface area contributed by atoms with Crippen molar-refractivity contribution in [2.75, 3.05) is 0 Å². The largest absolute Gasteiger partial charge is 0.481 e. The van der Waals surface area contributed by atoms with E-state index in [1.54, 1.807) is 0 Å². The molecule has 70 valence electrons. The lowest BCUT2D eigenvalue weighted by atomic mass is 9.70. The van der Waals surface area contributed by atoms with Gasteiger partial charge in [-0.15, -0.1) is 0 Å². The number of rotatable bonds is 2. The SMILES string of the molecule is CC1CCCC(C)(CC(=O)O)C1.